The number of aryl methyl sites for hydroxylation is 1. The van der Waals surface area contributed by atoms with Gasteiger partial charge in [-0.3, -0.25) is 10.1 Å². The third-order valence-electron chi connectivity index (χ3n) is 5.04. The lowest BCUT2D eigenvalue weighted by Crippen LogP contribution is -2.13. The molecule has 1 aliphatic rings. The fourth-order valence-electron chi connectivity index (χ4n) is 3.37. The minimum atomic E-state index is -1.30. The van der Waals surface area contributed by atoms with E-state index in [-0.39, 0.29) is 16.3 Å². The highest BCUT2D eigenvalue weighted by Gasteiger charge is 2.25. The number of carboxylic acid groups (broad SMARTS) is 1. The zero-order valence-corrected chi connectivity index (χ0v) is 18.0. The van der Waals surface area contributed by atoms with Gasteiger partial charge in [0.1, 0.15) is 24.0 Å². The van der Waals surface area contributed by atoms with Crippen LogP contribution in [0.15, 0.2) is 35.9 Å². The summed E-state index contributed by atoms with van der Waals surface area (Å²) < 4.78 is 34.6. The summed E-state index contributed by atoms with van der Waals surface area (Å²) in [7, 11) is 0. The number of fused-ring (bicyclic) bond motifs is 3. The molecule has 0 atom stereocenters. The van der Waals surface area contributed by atoms with Crippen molar-refractivity contribution in [1.29, 1.82) is 0 Å². The highest BCUT2D eigenvalue weighted by Crippen LogP contribution is 2.42. The van der Waals surface area contributed by atoms with Gasteiger partial charge in [-0.2, -0.15) is 0 Å². The Morgan fingerprint density at radius 1 is 1.28 bits per heavy atom. The van der Waals surface area contributed by atoms with Gasteiger partial charge in [0.2, 0.25) is 0 Å². The van der Waals surface area contributed by atoms with Crippen LogP contribution in [0.1, 0.15) is 40.2 Å². The third kappa shape index (κ3) is 3.99. The lowest BCUT2D eigenvalue weighted by atomic mass is 10.0. The van der Waals surface area contributed by atoms with Crippen LogP contribution in [-0.4, -0.2) is 22.0 Å². The van der Waals surface area contributed by atoms with Crippen molar-refractivity contribution in [2.75, 3.05) is 5.32 Å². The summed E-state index contributed by atoms with van der Waals surface area (Å²) in [5.74, 6) is -3.33. The Morgan fingerprint density at radius 2 is 2.00 bits per heavy atom. The molecule has 0 fully saturated rings. The average molecular weight is 456 g/mol. The number of carbonyl (C=O) groups excluding carboxylic acids is 1. The summed E-state index contributed by atoms with van der Waals surface area (Å²) in [5.41, 5.74) is 1.61. The number of hydrogen-bond donors (Lipinski definition) is 2. The van der Waals surface area contributed by atoms with Crippen molar-refractivity contribution in [1.82, 2.24) is 4.98 Å². The van der Waals surface area contributed by atoms with Crippen molar-refractivity contribution in [3.8, 4) is 17.0 Å². The number of anilines is 1. The Hall–Kier alpha value is -3.59. The number of aliphatic carboxylic acids is 1. The smallest absolute Gasteiger partial charge is 0.331 e. The zero-order valence-electron chi connectivity index (χ0n) is 17.2. The molecule has 0 saturated carbocycles. The number of amides is 1. The molecule has 0 saturated heterocycles. The van der Waals surface area contributed by atoms with Gasteiger partial charge in [0.15, 0.2) is 5.13 Å². The van der Waals surface area contributed by atoms with Crippen molar-refractivity contribution in [2.45, 2.75) is 26.9 Å². The van der Waals surface area contributed by atoms with Crippen molar-refractivity contribution in [3.63, 3.8) is 0 Å². The van der Waals surface area contributed by atoms with E-state index in [1.165, 1.54) is 18.3 Å². The minimum Gasteiger partial charge on any atom is -0.487 e. The van der Waals surface area contributed by atoms with Crippen molar-refractivity contribution >= 4 is 34.4 Å². The number of carboxylic acids is 1. The number of hydrogen-bond acceptors (Lipinski definition) is 5. The molecule has 0 unspecified atom stereocenters. The maximum absolute atomic E-state index is 14.4. The van der Waals surface area contributed by atoms with E-state index in [2.05, 4.69) is 10.3 Å². The Bertz CT molecular complexity index is 1260. The molecule has 164 valence electrons. The lowest BCUT2D eigenvalue weighted by molar-refractivity contribution is -0.132. The second-order valence-corrected chi connectivity index (χ2v) is 8.25. The van der Waals surface area contributed by atoms with Crippen LogP contribution in [-0.2, 0) is 17.8 Å². The fourth-order valence-corrected chi connectivity index (χ4v) is 4.26. The summed E-state index contributed by atoms with van der Waals surface area (Å²) in [6.07, 6.45) is 1.69. The first kappa shape index (κ1) is 21.6. The van der Waals surface area contributed by atoms with E-state index >= 15 is 0 Å². The van der Waals surface area contributed by atoms with Crippen LogP contribution >= 0.6 is 11.3 Å². The van der Waals surface area contributed by atoms with Crippen LogP contribution in [0.3, 0.4) is 0 Å². The summed E-state index contributed by atoms with van der Waals surface area (Å²) in [5, 5.41) is 11.8. The largest absolute Gasteiger partial charge is 0.487 e. The van der Waals surface area contributed by atoms with Gasteiger partial charge < -0.3 is 9.84 Å². The van der Waals surface area contributed by atoms with E-state index in [9.17, 15) is 18.4 Å². The van der Waals surface area contributed by atoms with E-state index in [1.807, 2.05) is 25.1 Å². The molecular formula is C23H18F2N2O4S. The van der Waals surface area contributed by atoms with Gasteiger partial charge in [0, 0.05) is 22.3 Å². The van der Waals surface area contributed by atoms with Crippen LogP contribution in [0, 0.1) is 11.6 Å². The number of carbonyl (C=O) groups is 2. The monoisotopic (exact) mass is 456 g/mol. The molecule has 1 aromatic heterocycles. The Kier molecular flexibility index (Phi) is 5.75. The van der Waals surface area contributed by atoms with Crippen molar-refractivity contribution in [3.05, 3.63) is 69.1 Å². The van der Waals surface area contributed by atoms with Gasteiger partial charge in [-0.25, -0.2) is 18.6 Å². The van der Waals surface area contributed by atoms with Gasteiger partial charge >= 0.3 is 5.97 Å². The first-order valence-electron chi connectivity index (χ1n) is 9.75. The first-order valence-corrected chi connectivity index (χ1v) is 10.6. The highest BCUT2D eigenvalue weighted by atomic mass is 32.1. The molecule has 3 aromatic rings. The van der Waals surface area contributed by atoms with Crippen molar-refractivity contribution in [2.24, 2.45) is 0 Å². The molecule has 0 bridgehead atoms. The maximum Gasteiger partial charge on any atom is 0.331 e. The van der Waals surface area contributed by atoms with Crippen LogP contribution in [0.5, 0.6) is 5.75 Å². The Labute approximate surface area is 186 Å². The standard InChI is InChI=1S/C23H18F2N2O4S/c1-3-12-5-4-6-14-19-18(10-31-20(12)14)32-23(26-19)27-21(28)13-8-16(24)15(17(25)9-13)7-11(2)22(29)30/h4-9H,3,10H2,1-2H3,(H,29,30)(H,26,27,28). The predicted molar refractivity (Wildman–Crippen MR) is 117 cm³/mol. The molecule has 1 aliphatic heterocycles. The average Bonchev–Trinajstić information content (AvgIpc) is 3.18. The Balaban J connectivity index is 1.60. The van der Waals surface area contributed by atoms with Crippen LogP contribution < -0.4 is 10.1 Å². The number of nitrogens with zero attached hydrogens (tertiary/aromatic N) is 1. The third-order valence-corrected chi connectivity index (χ3v) is 5.98. The molecule has 2 N–H and O–H groups in total. The van der Waals surface area contributed by atoms with E-state index < -0.39 is 29.1 Å². The number of nitrogens with one attached hydrogen (secondary N) is 1. The molecule has 9 heteroatoms. The van der Waals surface area contributed by atoms with Gasteiger partial charge in [0.25, 0.3) is 5.91 Å². The fraction of sp³-hybridized carbons (Fsp3) is 0.174. The topological polar surface area (TPSA) is 88.5 Å². The number of para-hydroxylation sites is 1. The van der Waals surface area contributed by atoms with Crippen molar-refractivity contribution < 1.29 is 28.2 Å². The summed E-state index contributed by atoms with van der Waals surface area (Å²) in [6.45, 7) is 3.57. The number of rotatable bonds is 5. The maximum atomic E-state index is 14.4. The molecule has 4 rings (SSSR count). The molecule has 6 nitrogen and oxygen atoms in total. The van der Waals surface area contributed by atoms with E-state index in [4.69, 9.17) is 9.84 Å². The molecule has 2 aromatic carbocycles. The summed E-state index contributed by atoms with van der Waals surface area (Å²) >= 11 is 1.23. The van der Waals surface area contributed by atoms with E-state index in [0.29, 0.717) is 12.3 Å². The lowest BCUT2D eigenvalue weighted by Gasteiger charge is -2.19. The Morgan fingerprint density at radius 3 is 2.66 bits per heavy atom. The molecule has 0 radical (unpaired) electrons. The SMILES string of the molecule is CCc1cccc2c1OCc1sc(NC(=O)c3cc(F)c(C=C(C)C(=O)O)c(F)c3)nc1-2. The van der Waals surface area contributed by atoms with E-state index in [0.717, 1.165) is 46.4 Å². The molecule has 0 aliphatic carbocycles. The number of aromatic nitrogens is 1. The van der Waals surface area contributed by atoms with Crippen LogP contribution in [0.2, 0.25) is 0 Å². The molecule has 2 heterocycles. The van der Waals surface area contributed by atoms with Gasteiger partial charge in [-0.1, -0.05) is 30.4 Å². The van der Waals surface area contributed by atoms with Crippen LogP contribution in [0.4, 0.5) is 13.9 Å². The quantitative estimate of drug-likeness (QED) is 0.510. The molecule has 32 heavy (non-hydrogen) atoms. The van der Waals surface area contributed by atoms with E-state index in [1.54, 1.807) is 0 Å². The first-order chi connectivity index (χ1) is 15.3. The summed E-state index contributed by atoms with van der Waals surface area (Å²) in [6, 6.07) is 7.52. The number of thiazole rings is 1. The number of ether oxygens (including phenoxy) is 1. The van der Waals surface area contributed by atoms with Crippen LogP contribution in [0.25, 0.3) is 17.3 Å². The summed E-state index contributed by atoms with van der Waals surface area (Å²) in [4.78, 5) is 28.8. The molecule has 0 spiro atoms. The molecule has 1 amide bonds. The number of benzene rings is 2. The predicted octanol–water partition coefficient (Wildman–Crippen LogP) is 5.28. The molecular weight excluding hydrogens is 438 g/mol. The minimum absolute atomic E-state index is 0.234. The van der Waals surface area contributed by atoms with Gasteiger partial charge in [-0.05, 0) is 43.2 Å². The van der Waals surface area contributed by atoms with Gasteiger partial charge in [0.05, 0.1) is 10.6 Å². The number of halogens is 2. The highest BCUT2D eigenvalue weighted by molar-refractivity contribution is 7.16. The zero-order chi connectivity index (χ0) is 23.0. The second kappa shape index (κ2) is 8.51. The van der Waals surface area contributed by atoms with Gasteiger partial charge in [-0.15, -0.1) is 0 Å². The normalized spacial score (nSPS) is 12.6. The second-order valence-electron chi connectivity index (χ2n) is 7.17.